The van der Waals surface area contributed by atoms with E-state index in [2.05, 4.69) is 16.2 Å². The van der Waals surface area contributed by atoms with Crippen molar-refractivity contribution in [1.82, 2.24) is 10.9 Å². The molecular formula is C24H25FN4O. The Balaban J connectivity index is 1.52. The first-order valence-corrected chi connectivity index (χ1v) is 10.5. The number of hydrazine groups is 1. The van der Waals surface area contributed by atoms with Crippen molar-refractivity contribution >= 4 is 22.4 Å². The Bertz CT molecular complexity index is 1090. The summed E-state index contributed by atoms with van der Waals surface area (Å²) in [5.74, 6) is -0.294. The van der Waals surface area contributed by atoms with Gasteiger partial charge in [-0.2, -0.15) is 0 Å². The first kappa shape index (κ1) is 19.2. The summed E-state index contributed by atoms with van der Waals surface area (Å²) in [7, 11) is 0. The van der Waals surface area contributed by atoms with E-state index in [1.54, 1.807) is 18.2 Å². The quantitative estimate of drug-likeness (QED) is 0.534. The van der Waals surface area contributed by atoms with Crippen LogP contribution in [-0.2, 0) is 0 Å². The molecule has 2 aliphatic rings. The van der Waals surface area contributed by atoms with Crippen LogP contribution in [0, 0.1) is 11.7 Å². The normalized spacial score (nSPS) is 25.8. The maximum absolute atomic E-state index is 15.7. The van der Waals surface area contributed by atoms with Crippen LogP contribution in [0.15, 0.2) is 60.7 Å². The highest BCUT2D eigenvalue weighted by Crippen LogP contribution is 2.42. The molecule has 1 saturated heterocycles. The number of para-hydroxylation sites is 1. The number of benzene rings is 3. The summed E-state index contributed by atoms with van der Waals surface area (Å²) >= 11 is 0. The first-order chi connectivity index (χ1) is 14.6. The van der Waals surface area contributed by atoms with E-state index in [4.69, 9.17) is 5.73 Å². The number of fused-ring (bicyclic) bond motifs is 2. The highest BCUT2D eigenvalue weighted by atomic mass is 19.1. The fraction of sp³-hybridized carbons (Fsp3) is 0.292. The summed E-state index contributed by atoms with van der Waals surface area (Å²) in [6, 6.07) is 18.5. The molecular weight excluding hydrogens is 379 g/mol. The van der Waals surface area contributed by atoms with Crippen molar-refractivity contribution in [3.05, 3.63) is 77.6 Å². The molecule has 0 radical (unpaired) electrons. The molecule has 1 aliphatic carbocycles. The number of rotatable bonds is 3. The molecule has 3 aromatic carbocycles. The Labute approximate surface area is 174 Å². The minimum atomic E-state index is -0.247. The second-order valence-corrected chi connectivity index (χ2v) is 8.23. The van der Waals surface area contributed by atoms with Crippen LogP contribution < -0.4 is 21.9 Å². The zero-order valence-electron chi connectivity index (χ0n) is 16.6. The Kier molecular flexibility index (Phi) is 4.98. The minimum Gasteiger partial charge on any atom is -0.322 e. The number of hydrogen-bond acceptors (Lipinski definition) is 4. The molecule has 0 bridgehead atoms. The molecule has 4 atom stereocenters. The molecule has 154 valence electrons. The Hall–Kier alpha value is -2.80. The number of halogens is 1. The second kappa shape index (κ2) is 7.80. The van der Waals surface area contributed by atoms with Crippen LogP contribution in [0.2, 0.25) is 0 Å². The van der Waals surface area contributed by atoms with E-state index in [0.29, 0.717) is 27.6 Å². The fourth-order valence-electron chi connectivity index (χ4n) is 5.10. The van der Waals surface area contributed by atoms with Gasteiger partial charge in [-0.3, -0.25) is 10.2 Å². The molecule has 0 aromatic heterocycles. The molecule has 5 N–H and O–H groups in total. The maximum atomic E-state index is 15.7. The summed E-state index contributed by atoms with van der Waals surface area (Å²) in [5, 5.41) is 3.98. The molecule has 3 aromatic rings. The van der Waals surface area contributed by atoms with Gasteiger partial charge in [0.05, 0.1) is 6.17 Å². The van der Waals surface area contributed by atoms with Gasteiger partial charge in [0.15, 0.2) is 0 Å². The van der Waals surface area contributed by atoms with E-state index < -0.39 is 0 Å². The van der Waals surface area contributed by atoms with Gasteiger partial charge in [0, 0.05) is 28.6 Å². The van der Waals surface area contributed by atoms with Gasteiger partial charge in [0.1, 0.15) is 5.82 Å². The smallest absolute Gasteiger partial charge is 0.256 e. The van der Waals surface area contributed by atoms with Crippen molar-refractivity contribution < 1.29 is 9.18 Å². The maximum Gasteiger partial charge on any atom is 0.256 e. The zero-order chi connectivity index (χ0) is 20.7. The highest BCUT2D eigenvalue weighted by Gasteiger charge is 2.43. The molecule has 30 heavy (non-hydrogen) atoms. The fourth-order valence-corrected chi connectivity index (χ4v) is 5.10. The van der Waals surface area contributed by atoms with Gasteiger partial charge < -0.3 is 11.1 Å². The number of carbonyl (C=O) groups excluding carboxylic acids is 1. The lowest BCUT2D eigenvalue weighted by Gasteiger charge is -2.35. The topological polar surface area (TPSA) is 79.2 Å². The molecule has 5 nitrogen and oxygen atoms in total. The summed E-state index contributed by atoms with van der Waals surface area (Å²) in [6.45, 7) is 0. The van der Waals surface area contributed by atoms with E-state index in [1.807, 2.05) is 42.5 Å². The van der Waals surface area contributed by atoms with Crippen LogP contribution in [0.3, 0.4) is 0 Å². The summed E-state index contributed by atoms with van der Waals surface area (Å²) in [6.07, 6.45) is 2.79. The summed E-state index contributed by atoms with van der Waals surface area (Å²) < 4.78 is 15.7. The van der Waals surface area contributed by atoms with Gasteiger partial charge in [-0.1, -0.05) is 48.9 Å². The Morgan fingerprint density at radius 2 is 1.80 bits per heavy atom. The monoisotopic (exact) mass is 404 g/mol. The highest BCUT2D eigenvalue weighted by molar-refractivity contribution is 6.13. The van der Waals surface area contributed by atoms with Crippen LogP contribution in [0.4, 0.5) is 10.1 Å². The van der Waals surface area contributed by atoms with Crippen molar-refractivity contribution in [2.45, 2.75) is 37.4 Å². The van der Waals surface area contributed by atoms with Crippen molar-refractivity contribution in [2.75, 3.05) is 5.32 Å². The summed E-state index contributed by atoms with van der Waals surface area (Å²) in [4.78, 5) is 12.9. The lowest BCUT2D eigenvalue weighted by Crippen LogP contribution is -2.41. The molecule has 1 amide bonds. The van der Waals surface area contributed by atoms with Crippen molar-refractivity contribution in [3.63, 3.8) is 0 Å². The molecule has 1 heterocycles. The van der Waals surface area contributed by atoms with Crippen molar-refractivity contribution in [2.24, 2.45) is 11.7 Å². The Morgan fingerprint density at radius 1 is 0.967 bits per heavy atom. The van der Waals surface area contributed by atoms with E-state index in [0.717, 1.165) is 19.3 Å². The number of nitrogens with two attached hydrogens (primary N) is 1. The van der Waals surface area contributed by atoms with Gasteiger partial charge in [0.2, 0.25) is 0 Å². The van der Waals surface area contributed by atoms with Crippen molar-refractivity contribution in [1.29, 1.82) is 0 Å². The second-order valence-electron chi connectivity index (χ2n) is 8.23. The predicted molar refractivity (Wildman–Crippen MR) is 116 cm³/mol. The minimum absolute atomic E-state index is 0.0486. The summed E-state index contributed by atoms with van der Waals surface area (Å²) in [5.41, 5.74) is 14.5. The van der Waals surface area contributed by atoms with E-state index in [1.165, 1.54) is 0 Å². The third kappa shape index (κ3) is 3.27. The molecule has 1 saturated carbocycles. The third-order valence-corrected chi connectivity index (χ3v) is 6.51. The SMILES string of the molecule is NC1NNC2CCCC(c3ccc4c(C(=O)Nc5ccccc5)cccc4c3F)C12. The van der Waals surface area contributed by atoms with Crippen LogP contribution in [0.25, 0.3) is 10.8 Å². The average Bonchev–Trinajstić information content (AvgIpc) is 3.16. The zero-order valence-corrected chi connectivity index (χ0v) is 16.6. The third-order valence-electron chi connectivity index (χ3n) is 6.51. The number of amides is 1. The Morgan fingerprint density at radius 3 is 2.63 bits per heavy atom. The van der Waals surface area contributed by atoms with E-state index in [9.17, 15) is 4.79 Å². The number of hydrogen-bond donors (Lipinski definition) is 4. The van der Waals surface area contributed by atoms with Crippen LogP contribution in [-0.4, -0.2) is 18.1 Å². The number of anilines is 1. The molecule has 6 heteroatoms. The van der Waals surface area contributed by atoms with Crippen LogP contribution in [0.5, 0.6) is 0 Å². The molecule has 2 fully saturated rings. The lowest BCUT2D eigenvalue weighted by molar-refractivity contribution is 0.102. The van der Waals surface area contributed by atoms with Gasteiger partial charge in [-0.15, -0.1) is 0 Å². The lowest BCUT2D eigenvalue weighted by atomic mass is 9.72. The predicted octanol–water partition coefficient (Wildman–Crippen LogP) is 3.88. The van der Waals surface area contributed by atoms with Gasteiger partial charge in [0.25, 0.3) is 5.91 Å². The van der Waals surface area contributed by atoms with E-state index in [-0.39, 0.29) is 35.8 Å². The standard InChI is InChI=1S/C24H25FN4O/c25-22-17-9-4-10-19(24(30)27-14-6-2-1-3-7-14)15(17)12-13-18(22)16-8-5-11-20-21(16)23(26)29-28-20/h1-4,6-7,9-10,12-13,16,20-21,23,28-29H,5,8,11,26H2,(H,27,30). The van der Waals surface area contributed by atoms with E-state index >= 15 is 4.39 Å². The first-order valence-electron chi connectivity index (χ1n) is 10.5. The molecule has 5 rings (SSSR count). The average molecular weight is 404 g/mol. The van der Waals surface area contributed by atoms with Crippen LogP contribution >= 0.6 is 0 Å². The largest absolute Gasteiger partial charge is 0.322 e. The van der Waals surface area contributed by atoms with Gasteiger partial charge in [-0.25, -0.2) is 9.82 Å². The number of carbonyl (C=O) groups is 1. The number of nitrogens with one attached hydrogen (secondary N) is 3. The van der Waals surface area contributed by atoms with Gasteiger partial charge >= 0.3 is 0 Å². The molecule has 1 aliphatic heterocycles. The van der Waals surface area contributed by atoms with Gasteiger partial charge in [-0.05, 0) is 47.9 Å². The molecule has 4 unspecified atom stereocenters. The van der Waals surface area contributed by atoms with Crippen LogP contribution in [0.1, 0.15) is 41.1 Å². The molecule has 0 spiro atoms. The van der Waals surface area contributed by atoms with Crippen molar-refractivity contribution in [3.8, 4) is 0 Å².